The number of nitrogens with one attached hydrogen (secondary N) is 1. The molecule has 1 rings (SSSR count). The first-order chi connectivity index (χ1) is 8.22. The number of carboxylic acids is 1. The van der Waals surface area contributed by atoms with Crippen molar-refractivity contribution in [2.45, 2.75) is 38.4 Å². The van der Waals surface area contributed by atoms with Gasteiger partial charge in [0.1, 0.15) is 6.04 Å². The maximum Gasteiger partial charge on any atom is 0.321 e. The molecule has 0 aromatic carbocycles. The van der Waals surface area contributed by atoms with Crippen LogP contribution in [-0.2, 0) is 21.4 Å². The van der Waals surface area contributed by atoms with Crippen molar-refractivity contribution in [2.24, 2.45) is 5.92 Å². The summed E-state index contributed by atoms with van der Waals surface area (Å²) in [6.07, 6.45) is 2.80. The molecule has 1 atom stereocenters. The number of carbonyl (C=O) groups is 1. The summed E-state index contributed by atoms with van der Waals surface area (Å²) < 4.78 is 27.3. The van der Waals surface area contributed by atoms with Gasteiger partial charge in [0, 0.05) is 12.7 Å². The normalized spacial score (nSPS) is 13.8. The molecule has 7 nitrogen and oxygen atoms in total. The van der Waals surface area contributed by atoms with Gasteiger partial charge in [0.2, 0.25) is 0 Å². The lowest BCUT2D eigenvalue weighted by Crippen LogP contribution is -2.38. The van der Waals surface area contributed by atoms with Crippen LogP contribution in [0.4, 0.5) is 0 Å². The third kappa shape index (κ3) is 3.81. The molecule has 0 aliphatic heterocycles. The quantitative estimate of drug-likeness (QED) is 0.777. The fourth-order valence-corrected chi connectivity index (χ4v) is 2.49. The summed E-state index contributed by atoms with van der Waals surface area (Å²) in [7, 11) is -3.88. The largest absolute Gasteiger partial charge is 0.480 e. The Morgan fingerprint density at radius 3 is 2.61 bits per heavy atom. The van der Waals surface area contributed by atoms with E-state index in [1.807, 2.05) is 18.6 Å². The predicted molar refractivity (Wildman–Crippen MR) is 64.5 cm³/mol. The van der Waals surface area contributed by atoms with Gasteiger partial charge in [0.15, 0.2) is 5.03 Å². The Balaban J connectivity index is 2.85. The zero-order chi connectivity index (χ0) is 13.9. The highest BCUT2D eigenvalue weighted by atomic mass is 32.2. The number of aromatic nitrogens is 2. The van der Waals surface area contributed by atoms with Gasteiger partial charge >= 0.3 is 5.97 Å². The molecule has 1 aromatic heterocycles. The lowest BCUT2D eigenvalue weighted by atomic mass is 10.2. The lowest BCUT2D eigenvalue weighted by molar-refractivity contribution is -0.138. The fraction of sp³-hybridized carbons (Fsp3) is 0.600. The van der Waals surface area contributed by atoms with Crippen LogP contribution in [-0.4, -0.2) is 35.1 Å². The van der Waals surface area contributed by atoms with E-state index in [-0.39, 0.29) is 5.03 Å². The van der Waals surface area contributed by atoms with E-state index in [1.54, 1.807) is 4.57 Å². The third-order valence-corrected chi connectivity index (χ3v) is 3.59. The first-order valence-electron chi connectivity index (χ1n) is 5.49. The van der Waals surface area contributed by atoms with Crippen molar-refractivity contribution in [1.29, 1.82) is 0 Å². The average Bonchev–Trinajstić information content (AvgIpc) is 2.64. The van der Waals surface area contributed by atoms with Crippen molar-refractivity contribution in [2.75, 3.05) is 0 Å². The van der Waals surface area contributed by atoms with Crippen molar-refractivity contribution < 1.29 is 18.3 Å². The molecule has 0 spiro atoms. The highest BCUT2D eigenvalue weighted by molar-refractivity contribution is 7.89. The maximum atomic E-state index is 11.8. The Labute approximate surface area is 106 Å². The molecule has 1 aromatic rings. The van der Waals surface area contributed by atoms with Crippen molar-refractivity contribution in [3.8, 4) is 0 Å². The summed E-state index contributed by atoms with van der Waals surface area (Å²) in [4.78, 5) is 14.4. The van der Waals surface area contributed by atoms with Crippen LogP contribution in [0.15, 0.2) is 17.6 Å². The van der Waals surface area contributed by atoms with E-state index in [9.17, 15) is 13.2 Å². The second-order valence-electron chi connectivity index (χ2n) is 4.48. The number of hydrogen-bond acceptors (Lipinski definition) is 4. The monoisotopic (exact) mass is 275 g/mol. The number of carboxylic acid groups (broad SMARTS) is 1. The van der Waals surface area contributed by atoms with Gasteiger partial charge in [-0.2, -0.15) is 4.72 Å². The average molecular weight is 275 g/mol. The van der Waals surface area contributed by atoms with Crippen LogP contribution >= 0.6 is 0 Å². The number of rotatable bonds is 6. The molecule has 2 N–H and O–H groups in total. The molecule has 1 heterocycles. The van der Waals surface area contributed by atoms with Gasteiger partial charge < -0.3 is 9.67 Å². The van der Waals surface area contributed by atoms with Crippen LogP contribution in [0.1, 0.15) is 20.8 Å². The Kier molecular flexibility index (Phi) is 4.47. The molecule has 18 heavy (non-hydrogen) atoms. The summed E-state index contributed by atoms with van der Waals surface area (Å²) in [5.41, 5.74) is 0. The molecule has 0 fully saturated rings. The van der Waals surface area contributed by atoms with Crippen molar-refractivity contribution in [3.63, 3.8) is 0 Å². The molecule has 0 saturated heterocycles. The van der Waals surface area contributed by atoms with Crippen LogP contribution in [0, 0.1) is 5.92 Å². The minimum Gasteiger partial charge on any atom is -0.480 e. The van der Waals surface area contributed by atoms with E-state index >= 15 is 0 Å². The molecule has 0 unspecified atom stereocenters. The van der Waals surface area contributed by atoms with E-state index in [2.05, 4.69) is 4.98 Å². The molecule has 0 amide bonds. The van der Waals surface area contributed by atoms with Gasteiger partial charge in [-0.3, -0.25) is 4.79 Å². The van der Waals surface area contributed by atoms with Crippen LogP contribution in [0.2, 0.25) is 0 Å². The molecule has 8 heteroatoms. The summed E-state index contributed by atoms with van der Waals surface area (Å²) in [5, 5.41) is 8.49. The maximum absolute atomic E-state index is 11.8. The molecule has 0 saturated carbocycles. The van der Waals surface area contributed by atoms with E-state index in [0.717, 1.165) is 0 Å². The highest BCUT2D eigenvalue weighted by Crippen LogP contribution is 2.08. The number of aliphatic carboxylic acids is 1. The van der Waals surface area contributed by atoms with Gasteiger partial charge in [0.25, 0.3) is 10.0 Å². The third-order valence-electron chi connectivity index (χ3n) is 2.16. The van der Waals surface area contributed by atoms with E-state index < -0.39 is 22.0 Å². The summed E-state index contributed by atoms with van der Waals surface area (Å²) in [6, 6.07) is -1.19. The topological polar surface area (TPSA) is 101 Å². The van der Waals surface area contributed by atoms with Crippen molar-refractivity contribution >= 4 is 16.0 Å². The smallest absolute Gasteiger partial charge is 0.321 e. The van der Waals surface area contributed by atoms with E-state index in [4.69, 9.17) is 5.11 Å². The summed E-state index contributed by atoms with van der Waals surface area (Å²) in [6.45, 7) is 5.90. The zero-order valence-electron chi connectivity index (χ0n) is 10.5. The first kappa shape index (κ1) is 14.7. The zero-order valence-corrected chi connectivity index (χ0v) is 11.3. The molecule has 102 valence electrons. The number of nitrogens with zero attached hydrogens (tertiary/aromatic N) is 2. The molecule has 0 bridgehead atoms. The van der Waals surface area contributed by atoms with Gasteiger partial charge in [0.05, 0.1) is 6.33 Å². The van der Waals surface area contributed by atoms with Crippen LogP contribution < -0.4 is 4.72 Å². The van der Waals surface area contributed by atoms with Gasteiger partial charge in [-0.15, -0.1) is 0 Å². The lowest BCUT2D eigenvalue weighted by Gasteiger charge is -2.08. The molecule has 0 radical (unpaired) electrons. The standard InChI is InChI=1S/C10H17N3O4S/c1-7(2)4-13-5-9(11-6-13)18(16,17)12-8(3)10(14)15/h5-8,12H,4H2,1-3H3,(H,14,15)/t8-/m0/s1. The first-order valence-corrected chi connectivity index (χ1v) is 6.97. The van der Waals surface area contributed by atoms with Crippen LogP contribution in [0.3, 0.4) is 0 Å². The SMILES string of the molecule is CC(C)Cn1cnc(S(=O)(=O)N[C@@H](C)C(=O)O)c1. The minimum absolute atomic E-state index is 0.170. The molecule has 0 aliphatic carbocycles. The fourth-order valence-electron chi connectivity index (χ4n) is 1.34. The Bertz CT molecular complexity index is 521. The Morgan fingerprint density at radius 1 is 1.50 bits per heavy atom. The second kappa shape index (κ2) is 5.49. The van der Waals surface area contributed by atoms with Crippen LogP contribution in [0.5, 0.6) is 0 Å². The highest BCUT2D eigenvalue weighted by Gasteiger charge is 2.23. The summed E-state index contributed by atoms with van der Waals surface area (Å²) >= 11 is 0. The molecular formula is C10H17N3O4S. The van der Waals surface area contributed by atoms with Gasteiger partial charge in [-0.25, -0.2) is 13.4 Å². The second-order valence-corrected chi connectivity index (χ2v) is 6.14. The van der Waals surface area contributed by atoms with E-state index in [1.165, 1.54) is 19.4 Å². The molecular weight excluding hydrogens is 258 g/mol. The minimum atomic E-state index is -3.88. The van der Waals surface area contributed by atoms with Crippen LogP contribution in [0.25, 0.3) is 0 Å². The molecule has 0 aliphatic rings. The van der Waals surface area contributed by atoms with Crippen molar-refractivity contribution in [1.82, 2.24) is 14.3 Å². The summed E-state index contributed by atoms with van der Waals surface area (Å²) in [5.74, 6) is -0.874. The number of imidazole rings is 1. The van der Waals surface area contributed by atoms with E-state index in [0.29, 0.717) is 12.5 Å². The van der Waals surface area contributed by atoms with Crippen molar-refractivity contribution in [3.05, 3.63) is 12.5 Å². The Hall–Kier alpha value is -1.41. The van der Waals surface area contributed by atoms with Gasteiger partial charge in [-0.05, 0) is 12.8 Å². The number of hydrogen-bond donors (Lipinski definition) is 2. The Morgan fingerprint density at radius 2 is 2.11 bits per heavy atom. The number of sulfonamides is 1. The predicted octanol–water partition coefficient (Wildman–Crippen LogP) is 0.290. The van der Waals surface area contributed by atoms with Gasteiger partial charge in [-0.1, -0.05) is 13.8 Å².